The second-order valence-corrected chi connectivity index (χ2v) is 4.77. The van der Waals surface area contributed by atoms with Crippen molar-refractivity contribution in [3.05, 3.63) is 29.8 Å². The minimum Gasteiger partial charge on any atom is -0.508 e. The van der Waals surface area contributed by atoms with Crippen LogP contribution in [-0.4, -0.2) is 16.7 Å². The second kappa shape index (κ2) is 6.79. The standard InChI is InChI=1S/C14H20N2O2/c1-10(2)4-5-11(3)15-16-14(18)12-6-8-13(17)9-7-12/h6-10,17H,4-5H2,1-3H3,(H,16,18). The third kappa shape index (κ3) is 4.99. The van der Waals surface area contributed by atoms with Crippen molar-refractivity contribution in [1.82, 2.24) is 5.43 Å². The Kier molecular flexibility index (Phi) is 5.36. The van der Waals surface area contributed by atoms with Crippen LogP contribution in [-0.2, 0) is 0 Å². The van der Waals surface area contributed by atoms with Gasteiger partial charge >= 0.3 is 0 Å². The van der Waals surface area contributed by atoms with E-state index >= 15 is 0 Å². The van der Waals surface area contributed by atoms with E-state index in [1.807, 2.05) is 6.92 Å². The Balaban J connectivity index is 2.49. The topological polar surface area (TPSA) is 61.7 Å². The molecule has 0 aliphatic rings. The minimum absolute atomic E-state index is 0.142. The highest BCUT2D eigenvalue weighted by molar-refractivity contribution is 5.95. The van der Waals surface area contributed by atoms with E-state index in [9.17, 15) is 4.79 Å². The van der Waals surface area contributed by atoms with E-state index < -0.39 is 0 Å². The van der Waals surface area contributed by atoms with Gasteiger partial charge in [-0.15, -0.1) is 0 Å². The third-order valence-electron chi connectivity index (χ3n) is 2.56. The normalized spacial score (nSPS) is 11.7. The van der Waals surface area contributed by atoms with E-state index in [1.165, 1.54) is 12.1 Å². The first kappa shape index (κ1) is 14.2. The smallest absolute Gasteiger partial charge is 0.271 e. The molecule has 0 aromatic heterocycles. The number of amides is 1. The highest BCUT2D eigenvalue weighted by Gasteiger charge is 2.04. The average molecular weight is 248 g/mol. The summed E-state index contributed by atoms with van der Waals surface area (Å²) in [5, 5.41) is 13.2. The van der Waals surface area contributed by atoms with Crippen molar-refractivity contribution < 1.29 is 9.90 Å². The third-order valence-corrected chi connectivity index (χ3v) is 2.56. The summed E-state index contributed by atoms with van der Waals surface area (Å²) in [6, 6.07) is 6.07. The lowest BCUT2D eigenvalue weighted by molar-refractivity contribution is 0.0954. The first-order valence-electron chi connectivity index (χ1n) is 6.11. The van der Waals surface area contributed by atoms with Gasteiger partial charge in [-0.2, -0.15) is 5.10 Å². The molecule has 0 saturated heterocycles. The van der Waals surface area contributed by atoms with E-state index in [1.54, 1.807) is 12.1 Å². The fourth-order valence-corrected chi connectivity index (χ4v) is 1.38. The van der Waals surface area contributed by atoms with E-state index in [0.29, 0.717) is 11.5 Å². The van der Waals surface area contributed by atoms with Crippen molar-refractivity contribution in [2.75, 3.05) is 0 Å². The van der Waals surface area contributed by atoms with Crippen LogP contribution >= 0.6 is 0 Å². The Hall–Kier alpha value is -1.84. The number of phenols is 1. The van der Waals surface area contributed by atoms with Gasteiger partial charge in [0.1, 0.15) is 5.75 Å². The van der Waals surface area contributed by atoms with Crippen molar-refractivity contribution in [1.29, 1.82) is 0 Å². The van der Waals surface area contributed by atoms with Crippen LogP contribution in [0.4, 0.5) is 0 Å². The molecule has 4 heteroatoms. The van der Waals surface area contributed by atoms with Gasteiger partial charge in [0.2, 0.25) is 0 Å². The van der Waals surface area contributed by atoms with E-state index in [-0.39, 0.29) is 11.7 Å². The van der Waals surface area contributed by atoms with Crippen LogP contribution in [0.3, 0.4) is 0 Å². The molecular formula is C14H20N2O2. The summed E-state index contributed by atoms with van der Waals surface area (Å²) in [7, 11) is 0. The maximum absolute atomic E-state index is 11.7. The average Bonchev–Trinajstić information content (AvgIpc) is 2.34. The van der Waals surface area contributed by atoms with E-state index in [0.717, 1.165) is 18.6 Å². The number of phenolic OH excluding ortho intramolecular Hbond substituents is 1. The maximum Gasteiger partial charge on any atom is 0.271 e. The van der Waals surface area contributed by atoms with Crippen LogP contribution in [0.25, 0.3) is 0 Å². The molecule has 0 spiro atoms. The lowest BCUT2D eigenvalue weighted by Crippen LogP contribution is -2.19. The molecule has 1 aromatic carbocycles. The Labute approximate surface area is 108 Å². The van der Waals surface area contributed by atoms with E-state index in [4.69, 9.17) is 5.11 Å². The predicted molar refractivity (Wildman–Crippen MR) is 72.8 cm³/mol. The molecular weight excluding hydrogens is 228 g/mol. The molecule has 0 atom stereocenters. The van der Waals surface area contributed by atoms with Gasteiger partial charge in [-0.25, -0.2) is 5.43 Å². The summed E-state index contributed by atoms with van der Waals surface area (Å²) < 4.78 is 0. The van der Waals surface area contributed by atoms with Crippen molar-refractivity contribution in [2.24, 2.45) is 11.0 Å². The van der Waals surface area contributed by atoms with E-state index in [2.05, 4.69) is 24.4 Å². The Bertz CT molecular complexity index is 422. The largest absolute Gasteiger partial charge is 0.508 e. The molecule has 0 bridgehead atoms. The van der Waals surface area contributed by atoms with Gasteiger partial charge in [-0.05, 0) is 49.9 Å². The van der Waals surface area contributed by atoms with Crippen molar-refractivity contribution in [3.8, 4) is 5.75 Å². The van der Waals surface area contributed by atoms with Gasteiger partial charge in [0, 0.05) is 11.3 Å². The number of nitrogens with one attached hydrogen (secondary N) is 1. The number of benzene rings is 1. The molecule has 0 aliphatic heterocycles. The number of carbonyl (C=O) groups is 1. The van der Waals surface area contributed by atoms with Crippen LogP contribution in [0.15, 0.2) is 29.4 Å². The molecule has 0 unspecified atom stereocenters. The number of rotatable bonds is 5. The Morgan fingerprint density at radius 3 is 2.50 bits per heavy atom. The summed E-state index contributed by atoms with van der Waals surface area (Å²) in [4.78, 5) is 11.7. The Morgan fingerprint density at radius 2 is 1.94 bits per heavy atom. The zero-order valence-electron chi connectivity index (χ0n) is 11.1. The molecule has 1 rings (SSSR count). The number of hydrogen-bond acceptors (Lipinski definition) is 3. The quantitative estimate of drug-likeness (QED) is 0.621. The number of nitrogens with zero attached hydrogens (tertiary/aromatic N) is 1. The molecule has 0 radical (unpaired) electrons. The molecule has 4 nitrogen and oxygen atoms in total. The van der Waals surface area contributed by atoms with Gasteiger partial charge < -0.3 is 5.11 Å². The first-order chi connectivity index (χ1) is 8.49. The van der Waals surface area contributed by atoms with Crippen LogP contribution in [0.1, 0.15) is 44.0 Å². The number of hydrogen-bond donors (Lipinski definition) is 2. The Morgan fingerprint density at radius 1 is 1.33 bits per heavy atom. The highest BCUT2D eigenvalue weighted by atomic mass is 16.3. The molecule has 18 heavy (non-hydrogen) atoms. The molecule has 1 aromatic rings. The van der Waals surface area contributed by atoms with Crippen molar-refractivity contribution in [2.45, 2.75) is 33.6 Å². The lowest BCUT2D eigenvalue weighted by atomic mass is 10.1. The SMILES string of the molecule is CC(CCC(C)C)=NNC(=O)c1ccc(O)cc1. The molecule has 0 heterocycles. The molecule has 0 saturated carbocycles. The van der Waals surface area contributed by atoms with Gasteiger partial charge in [-0.3, -0.25) is 4.79 Å². The van der Waals surface area contributed by atoms with Crippen LogP contribution in [0.5, 0.6) is 5.75 Å². The minimum atomic E-state index is -0.265. The van der Waals surface area contributed by atoms with Crippen LogP contribution < -0.4 is 5.43 Å². The summed E-state index contributed by atoms with van der Waals surface area (Å²) in [5.41, 5.74) is 3.90. The fraction of sp³-hybridized carbons (Fsp3) is 0.429. The van der Waals surface area contributed by atoms with Gasteiger partial charge in [0.25, 0.3) is 5.91 Å². The molecule has 0 aliphatic carbocycles. The molecule has 1 amide bonds. The monoisotopic (exact) mass is 248 g/mol. The second-order valence-electron chi connectivity index (χ2n) is 4.77. The summed E-state index contributed by atoms with van der Waals surface area (Å²) in [6.07, 6.45) is 1.94. The molecule has 98 valence electrons. The van der Waals surface area contributed by atoms with Crippen molar-refractivity contribution >= 4 is 11.6 Å². The van der Waals surface area contributed by atoms with Gasteiger partial charge in [0.05, 0.1) is 0 Å². The molecule has 0 fully saturated rings. The zero-order chi connectivity index (χ0) is 13.5. The maximum atomic E-state index is 11.7. The number of aromatic hydroxyl groups is 1. The highest BCUT2D eigenvalue weighted by Crippen LogP contribution is 2.09. The van der Waals surface area contributed by atoms with Crippen LogP contribution in [0.2, 0.25) is 0 Å². The fourth-order valence-electron chi connectivity index (χ4n) is 1.38. The van der Waals surface area contributed by atoms with Crippen LogP contribution in [0, 0.1) is 5.92 Å². The lowest BCUT2D eigenvalue weighted by Gasteiger charge is -2.05. The predicted octanol–water partition coefficient (Wildman–Crippen LogP) is 2.93. The number of hydrazone groups is 1. The summed E-state index contributed by atoms with van der Waals surface area (Å²) >= 11 is 0. The molecule has 2 N–H and O–H groups in total. The summed E-state index contributed by atoms with van der Waals surface area (Å²) in [5.74, 6) is 0.505. The van der Waals surface area contributed by atoms with Gasteiger partial charge in [0.15, 0.2) is 0 Å². The van der Waals surface area contributed by atoms with Gasteiger partial charge in [-0.1, -0.05) is 13.8 Å². The van der Waals surface area contributed by atoms with Crippen molar-refractivity contribution in [3.63, 3.8) is 0 Å². The zero-order valence-corrected chi connectivity index (χ0v) is 11.1. The number of carbonyl (C=O) groups excluding carboxylic acids is 1. The summed E-state index contributed by atoms with van der Waals surface area (Å²) in [6.45, 7) is 6.21. The first-order valence-corrected chi connectivity index (χ1v) is 6.11.